The van der Waals surface area contributed by atoms with Crippen LogP contribution in [0.5, 0.6) is 0 Å². The molecule has 0 radical (unpaired) electrons. The lowest BCUT2D eigenvalue weighted by Crippen LogP contribution is -2.19. The topological polar surface area (TPSA) is 0 Å². The Kier molecular flexibility index (Phi) is 6.42. The molecule has 6 rings (SSSR count). The first kappa shape index (κ1) is 22.7. The number of aryl methyl sites for hydroxylation is 2. The SMILES string of the molecule is CC1(c2ccccc2)CCc2c1cc1ccccc1c2C=C1CCCC1.Cc1ccc(C)cc1. The van der Waals surface area contributed by atoms with Gasteiger partial charge in [0, 0.05) is 5.41 Å². The summed E-state index contributed by atoms with van der Waals surface area (Å²) in [5, 5.41) is 2.82. The first-order valence-corrected chi connectivity index (χ1v) is 12.9. The normalized spacial score (nSPS) is 19.0. The summed E-state index contributed by atoms with van der Waals surface area (Å²) in [6.45, 7) is 6.63. The molecule has 0 amide bonds. The van der Waals surface area contributed by atoms with E-state index in [4.69, 9.17) is 0 Å². The molecule has 34 heavy (non-hydrogen) atoms. The second-order valence-corrected chi connectivity index (χ2v) is 10.4. The van der Waals surface area contributed by atoms with Crippen molar-refractivity contribution in [2.24, 2.45) is 0 Å². The molecule has 4 aromatic rings. The van der Waals surface area contributed by atoms with E-state index >= 15 is 0 Å². The van der Waals surface area contributed by atoms with Crippen molar-refractivity contribution in [3.05, 3.63) is 124 Å². The lowest BCUT2D eigenvalue weighted by molar-refractivity contribution is 0.566. The predicted molar refractivity (Wildman–Crippen MR) is 148 cm³/mol. The molecule has 2 aliphatic carbocycles. The number of allylic oxidation sites excluding steroid dienone is 1. The largest absolute Gasteiger partial charge is 0.0696 e. The van der Waals surface area contributed by atoms with E-state index in [1.807, 2.05) is 0 Å². The minimum Gasteiger partial charge on any atom is -0.0696 e. The van der Waals surface area contributed by atoms with Gasteiger partial charge in [-0.2, -0.15) is 0 Å². The van der Waals surface area contributed by atoms with Gasteiger partial charge in [-0.1, -0.05) is 109 Å². The maximum absolute atomic E-state index is 2.55. The highest BCUT2D eigenvalue weighted by molar-refractivity contribution is 5.94. The van der Waals surface area contributed by atoms with Crippen LogP contribution in [-0.2, 0) is 11.8 Å². The smallest absolute Gasteiger partial charge is 0.0181 e. The zero-order valence-corrected chi connectivity index (χ0v) is 20.9. The Bertz CT molecular complexity index is 1280. The minimum atomic E-state index is 0.129. The number of hydrogen-bond donors (Lipinski definition) is 0. The molecule has 1 saturated carbocycles. The summed E-state index contributed by atoms with van der Waals surface area (Å²) in [7, 11) is 0. The van der Waals surface area contributed by atoms with Gasteiger partial charge < -0.3 is 0 Å². The molecule has 0 saturated heterocycles. The Morgan fingerprint density at radius 1 is 0.706 bits per heavy atom. The molecule has 2 aliphatic rings. The first-order valence-electron chi connectivity index (χ1n) is 12.9. The second-order valence-electron chi connectivity index (χ2n) is 10.4. The number of benzene rings is 4. The van der Waals surface area contributed by atoms with Gasteiger partial charge in [-0.15, -0.1) is 0 Å². The predicted octanol–water partition coefficient (Wildman–Crippen LogP) is 9.35. The van der Waals surface area contributed by atoms with Crippen molar-refractivity contribution in [2.75, 3.05) is 0 Å². The van der Waals surface area contributed by atoms with Crippen molar-refractivity contribution in [1.29, 1.82) is 0 Å². The van der Waals surface area contributed by atoms with E-state index in [0.29, 0.717) is 0 Å². The van der Waals surface area contributed by atoms with Crippen LogP contribution >= 0.6 is 0 Å². The van der Waals surface area contributed by atoms with E-state index < -0.39 is 0 Å². The fourth-order valence-corrected chi connectivity index (χ4v) is 5.77. The summed E-state index contributed by atoms with van der Waals surface area (Å²) in [4.78, 5) is 0. The van der Waals surface area contributed by atoms with Crippen LogP contribution < -0.4 is 0 Å². The molecule has 0 heteroatoms. The van der Waals surface area contributed by atoms with Gasteiger partial charge in [0.25, 0.3) is 0 Å². The number of fused-ring (bicyclic) bond motifs is 2. The molecule has 0 nitrogen and oxygen atoms in total. The second kappa shape index (κ2) is 9.63. The molecule has 1 atom stereocenters. The van der Waals surface area contributed by atoms with E-state index in [2.05, 4.69) is 112 Å². The van der Waals surface area contributed by atoms with Gasteiger partial charge in [0.05, 0.1) is 0 Å². The standard InChI is InChI=1S/C26H26.C8H10/c1-26(21-12-3-2-4-13-21)16-15-23-24(17-19-9-5-6-10-19)22-14-8-7-11-20(22)18-25(23)26;1-7-3-5-8(2)6-4-7/h2-4,7-8,11-14,17-18H,5-6,9-10,15-16H2,1H3;3-6H,1-2H3. The monoisotopic (exact) mass is 444 g/mol. The summed E-state index contributed by atoms with van der Waals surface area (Å²) in [6.07, 6.45) is 10.2. The summed E-state index contributed by atoms with van der Waals surface area (Å²) in [5.74, 6) is 0. The molecule has 0 heterocycles. The van der Waals surface area contributed by atoms with Crippen LogP contribution in [0, 0.1) is 13.8 Å². The van der Waals surface area contributed by atoms with Crippen LogP contribution in [0.3, 0.4) is 0 Å². The van der Waals surface area contributed by atoms with Crippen molar-refractivity contribution in [3.8, 4) is 0 Å². The molecular formula is C34H36. The number of rotatable bonds is 2. The fraction of sp³-hybridized carbons (Fsp3) is 0.294. The molecule has 4 aromatic carbocycles. The van der Waals surface area contributed by atoms with E-state index in [-0.39, 0.29) is 5.41 Å². The Hall–Kier alpha value is -3.12. The average Bonchev–Trinajstić information content (AvgIpc) is 3.50. The minimum absolute atomic E-state index is 0.129. The maximum Gasteiger partial charge on any atom is 0.0181 e. The third-order valence-corrected chi connectivity index (χ3v) is 7.89. The molecule has 0 spiro atoms. The third-order valence-electron chi connectivity index (χ3n) is 7.89. The number of hydrogen-bond acceptors (Lipinski definition) is 0. The average molecular weight is 445 g/mol. The first-order chi connectivity index (χ1) is 16.5. The molecule has 0 N–H and O–H groups in total. The summed E-state index contributed by atoms with van der Waals surface area (Å²) in [6, 6.07) is 31.0. The molecular weight excluding hydrogens is 408 g/mol. The van der Waals surface area contributed by atoms with Gasteiger partial charge in [0.15, 0.2) is 0 Å². The summed E-state index contributed by atoms with van der Waals surface area (Å²) < 4.78 is 0. The quantitative estimate of drug-likeness (QED) is 0.289. The Balaban J connectivity index is 0.000000257. The van der Waals surface area contributed by atoms with Gasteiger partial charge in [-0.3, -0.25) is 0 Å². The van der Waals surface area contributed by atoms with Crippen molar-refractivity contribution < 1.29 is 0 Å². The molecule has 172 valence electrons. The highest BCUT2D eigenvalue weighted by atomic mass is 14.4. The van der Waals surface area contributed by atoms with Crippen molar-refractivity contribution in [1.82, 2.24) is 0 Å². The van der Waals surface area contributed by atoms with Gasteiger partial charge in [-0.25, -0.2) is 0 Å². The van der Waals surface area contributed by atoms with Crippen molar-refractivity contribution in [3.63, 3.8) is 0 Å². The van der Waals surface area contributed by atoms with Crippen LogP contribution in [0.4, 0.5) is 0 Å². The molecule has 1 fully saturated rings. The maximum atomic E-state index is 2.55. The Morgan fingerprint density at radius 3 is 2.00 bits per heavy atom. The van der Waals surface area contributed by atoms with Gasteiger partial charge >= 0.3 is 0 Å². The van der Waals surface area contributed by atoms with Crippen LogP contribution in [0.15, 0.2) is 90.5 Å². The van der Waals surface area contributed by atoms with Crippen molar-refractivity contribution >= 4 is 16.8 Å². The van der Waals surface area contributed by atoms with Crippen LogP contribution in [0.2, 0.25) is 0 Å². The molecule has 1 unspecified atom stereocenters. The molecule has 0 bridgehead atoms. The van der Waals surface area contributed by atoms with E-state index in [1.165, 1.54) is 71.6 Å². The van der Waals surface area contributed by atoms with E-state index in [1.54, 1.807) is 16.7 Å². The zero-order valence-electron chi connectivity index (χ0n) is 20.9. The lowest BCUT2D eigenvalue weighted by Gasteiger charge is -2.27. The van der Waals surface area contributed by atoms with Gasteiger partial charge in [0.2, 0.25) is 0 Å². The molecule has 0 aliphatic heterocycles. The van der Waals surface area contributed by atoms with Crippen molar-refractivity contribution in [2.45, 2.75) is 64.7 Å². The highest BCUT2D eigenvalue weighted by Crippen LogP contribution is 2.47. The van der Waals surface area contributed by atoms with Crippen LogP contribution in [0.1, 0.15) is 72.4 Å². The van der Waals surface area contributed by atoms with E-state index in [0.717, 1.165) is 0 Å². The van der Waals surface area contributed by atoms with Gasteiger partial charge in [-0.05, 0) is 91.5 Å². The summed E-state index contributed by atoms with van der Waals surface area (Å²) in [5.41, 5.74) is 10.5. The Labute approximate surface area is 205 Å². The van der Waals surface area contributed by atoms with E-state index in [9.17, 15) is 0 Å². The van der Waals surface area contributed by atoms with Crippen LogP contribution in [-0.4, -0.2) is 0 Å². The highest BCUT2D eigenvalue weighted by Gasteiger charge is 2.37. The Morgan fingerprint density at radius 2 is 1.32 bits per heavy atom. The third kappa shape index (κ3) is 4.47. The van der Waals surface area contributed by atoms with Crippen LogP contribution in [0.25, 0.3) is 16.8 Å². The van der Waals surface area contributed by atoms with Gasteiger partial charge in [0.1, 0.15) is 0 Å². The molecule has 0 aromatic heterocycles. The summed E-state index contributed by atoms with van der Waals surface area (Å²) >= 11 is 0. The lowest BCUT2D eigenvalue weighted by atomic mass is 9.76. The zero-order chi connectivity index (χ0) is 23.5. The fourth-order valence-electron chi connectivity index (χ4n) is 5.77.